The summed E-state index contributed by atoms with van der Waals surface area (Å²) in [5.74, 6) is 1.27. The third-order valence-corrected chi connectivity index (χ3v) is 5.87. The van der Waals surface area contributed by atoms with Gasteiger partial charge in [-0.05, 0) is 72.6 Å². The predicted octanol–water partition coefficient (Wildman–Crippen LogP) is 5.52. The SMILES string of the molecule is COc1ccc(CCNc2nc(-c3ccc(F)cc3)c3c(N)n(-c4ccc(Cl)cc4)nc3n2)cc1. The number of nitrogens with two attached hydrogens (primary N) is 1. The molecule has 0 saturated carbocycles. The number of rotatable bonds is 7. The molecule has 0 atom stereocenters. The minimum atomic E-state index is -0.332. The maximum atomic E-state index is 13.6. The summed E-state index contributed by atoms with van der Waals surface area (Å²) >= 11 is 6.04. The van der Waals surface area contributed by atoms with Gasteiger partial charge in [0.2, 0.25) is 5.95 Å². The number of hydrogen-bond donors (Lipinski definition) is 2. The van der Waals surface area contributed by atoms with E-state index in [0.717, 1.165) is 23.4 Å². The van der Waals surface area contributed by atoms with Gasteiger partial charge in [0, 0.05) is 17.1 Å². The van der Waals surface area contributed by atoms with Crippen molar-refractivity contribution in [2.75, 3.05) is 24.7 Å². The lowest BCUT2D eigenvalue weighted by molar-refractivity contribution is 0.414. The molecule has 0 radical (unpaired) electrons. The van der Waals surface area contributed by atoms with Crippen molar-refractivity contribution in [2.45, 2.75) is 6.42 Å². The number of hydrogen-bond acceptors (Lipinski definition) is 6. The predicted molar refractivity (Wildman–Crippen MR) is 137 cm³/mol. The molecule has 7 nitrogen and oxygen atoms in total. The van der Waals surface area contributed by atoms with Crippen LogP contribution >= 0.6 is 11.6 Å². The van der Waals surface area contributed by atoms with Crippen LogP contribution in [0.2, 0.25) is 5.02 Å². The van der Waals surface area contributed by atoms with Gasteiger partial charge in [0.15, 0.2) is 5.65 Å². The normalized spacial score (nSPS) is 11.1. The Kier molecular flexibility index (Phi) is 6.20. The number of aromatic nitrogens is 4. The van der Waals surface area contributed by atoms with Crippen molar-refractivity contribution in [3.63, 3.8) is 0 Å². The zero-order valence-electron chi connectivity index (χ0n) is 18.9. The van der Waals surface area contributed by atoms with Crippen LogP contribution in [0.15, 0.2) is 72.8 Å². The Morgan fingerprint density at radius 3 is 2.37 bits per heavy atom. The van der Waals surface area contributed by atoms with Gasteiger partial charge in [0.25, 0.3) is 0 Å². The number of anilines is 2. The highest BCUT2D eigenvalue weighted by molar-refractivity contribution is 6.30. The fraction of sp³-hybridized carbons (Fsp3) is 0.115. The molecule has 5 aromatic rings. The summed E-state index contributed by atoms with van der Waals surface area (Å²) < 4.78 is 20.4. The van der Waals surface area contributed by atoms with E-state index >= 15 is 0 Å². The fourth-order valence-electron chi connectivity index (χ4n) is 3.80. The first-order chi connectivity index (χ1) is 17.0. The lowest BCUT2D eigenvalue weighted by Crippen LogP contribution is -2.09. The fourth-order valence-corrected chi connectivity index (χ4v) is 3.92. The molecular formula is C26H22ClFN6O. The number of nitrogens with zero attached hydrogens (tertiary/aromatic N) is 4. The standard InChI is InChI=1S/C26H22ClFN6O/c1-35-21-12-2-16(3-13-21)14-15-30-26-31-23(17-4-8-19(28)9-5-17)22-24(29)34(33-25(22)32-26)20-10-6-18(27)7-11-20/h2-13H,14-15,29H2,1H3,(H,30,32,33). The van der Waals surface area contributed by atoms with Gasteiger partial charge in [-0.1, -0.05) is 23.7 Å². The first-order valence-electron chi connectivity index (χ1n) is 11.0. The smallest absolute Gasteiger partial charge is 0.225 e. The van der Waals surface area contributed by atoms with E-state index in [4.69, 9.17) is 27.1 Å². The van der Waals surface area contributed by atoms with Crippen molar-refractivity contribution < 1.29 is 9.13 Å². The van der Waals surface area contributed by atoms with Crippen molar-refractivity contribution in [1.82, 2.24) is 19.7 Å². The third-order valence-electron chi connectivity index (χ3n) is 5.61. The van der Waals surface area contributed by atoms with Crippen molar-refractivity contribution in [3.8, 4) is 22.7 Å². The molecule has 0 bridgehead atoms. The van der Waals surface area contributed by atoms with E-state index in [9.17, 15) is 4.39 Å². The number of ether oxygens (including phenoxy) is 1. The first-order valence-corrected chi connectivity index (χ1v) is 11.3. The van der Waals surface area contributed by atoms with Crippen molar-refractivity contribution in [2.24, 2.45) is 0 Å². The van der Waals surface area contributed by atoms with Gasteiger partial charge >= 0.3 is 0 Å². The van der Waals surface area contributed by atoms with E-state index in [2.05, 4.69) is 15.4 Å². The van der Waals surface area contributed by atoms with E-state index in [-0.39, 0.29) is 5.82 Å². The Hall–Kier alpha value is -4.17. The topological polar surface area (TPSA) is 90.9 Å². The van der Waals surface area contributed by atoms with Crippen LogP contribution in [0.1, 0.15) is 5.56 Å². The molecule has 176 valence electrons. The average molecular weight is 489 g/mol. The number of methoxy groups -OCH3 is 1. The van der Waals surface area contributed by atoms with Gasteiger partial charge < -0.3 is 15.8 Å². The van der Waals surface area contributed by atoms with Crippen LogP contribution < -0.4 is 15.8 Å². The van der Waals surface area contributed by atoms with Crippen molar-refractivity contribution in [1.29, 1.82) is 0 Å². The number of nitrogens with one attached hydrogen (secondary N) is 1. The molecule has 3 N–H and O–H groups in total. The second-order valence-electron chi connectivity index (χ2n) is 7.90. The van der Waals surface area contributed by atoms with Gasteiger partial charge in [-0.15, -0.1) is 5.10 Å². The van der Waals surface area contributed by atoms with Crippen LogP contribution in [0.3, 0.4) is 0 Å². The summed E-state index contributed by atoms with van der Waals surface area (Å²) in [5.41, 5.74) is 10.1. The molecule has 5 rings (SSSR count). The van der Waals surface area contributed by atoms with E-state index < -0.39 is 0 Å². The zero-order chi connectivity index (χ0) is 24.4. The Labute approximate surface area is 206 Å². The molecule has 0 amide bonds. The van der Waals surface area contributed by atoms with Gasteiger partial charge in [0.1, 0.15) is 17.4 Å². The largest absolute Gasteiger partial charge is 0.497 e. The van der Waals surface area contributed by atoms with E-state index in [1.54, 1.807) is 36.1 Å². The average Bonchev–Trinajstić information content (AvgIpc) is 3.21. The van der Waals surface area contributed by atoms with Crippen LogP contribution in [-0.4, -0.2) is 33.4 Å². The lowest BCUT2D eigenvalue weighted by atomic mass is 10.1. The summed E-state index contributed by atoms with van der Waals surface area (Å²) in [6.45, 7) is 0.605. The Morgan fingerprint density at radius 2 is 1.69 bits per heavy atom. The molecule has 0 fully saturated rings. The van der Waals surface area contributed by atoms with Gasteiger partial charge in [0.05, 0.1) is 23.9 Å². The number of halogens is 2. The molecule has 9 heteroatoms. The summed E-state index contributed by atoms with van der Waals surface area (Å²) in [7, 11) is 1.64. The molecule has 3 aromatic carbocycles. The molecule has 0 aliphatic heterocycles. The van der Waals surface area contributed by atoms with Gasteiger partial charge in [-0.25, -0.2) is 14.1 Å². The van der Waals surface area contributed by atoms with Crippen LogP contribution in [0.25, 0.3) is 28.0 Å². The molecule has 2 aromatic heterocycles. The number of fused-ring (bicyclic) bond motifs is 1. The maximum absolute atomic E-state index is 13.6. The molecule has 0 saturated heterocycles. The third kappa shape index (κ3) is 4.74. The van der Waals surface area contributed by atoms with E-state index in [1.165, 1.54) is 12.1 Å². The second-order valence-corrected chi connectivity index (χ2v) is 8.34. The summed E-state index contributed by atoms with van der Waals surface area (Å²) in [5, 5.41) is 9.11. The van der Waals surface area contributed by atoms with E-state index in [0.29, 0.717) is 45.6 Å². The minimum Gasteiger partial charge on any atom is -0.497 e. The summed E-state index contributed by atoms with van der Waals surface area (Å²) in [6.07, 6.45) is 0.763. The highest BCUT2D eigenvalue weighted by atomic mass is 35.5. The zero-order valence-corrected chi connectivity index (χ0v) is 19.6. The Morgan fingerprint density at radius 1 is 0.971 bits per heavy atom. The molecule has 2 heterocycles. The number of nitrogen functional groups attached to an aromatic ring is 1. The highest BCUT2D eigenvalue weighted by Crippen LogP contribution is 2.33. The van der Waals surface area contributed by atoms with E-state index in [1.807, 2.05) is 36.4 Å². The van der Waals surface area contributed by atoms with Gasteiger partial charge in [-0.3, -0.25) is 0 Å². The van der Waals surface area contributed by atoms with Crippen LogP contribution in [-0.2, 0) is 6.42 Å². The summed E-state index contributed by atoms with van der Waals surface area (Å²) in [4.78, 5) is 9.33. The molecule has 0 aliphatic carbocycles. The second kappa shape index (κ2) is 9.60. The van der Waals surface area contributed by atoms with Crippen molar-refractivity contribution in [3.05, 3.63) is 89.2 Å². The summed E-state index contributed by atoms with van der Waals surface area (Å²) in [6, 6.07) is 21.2. The first kappa shape index (κ1) is 22.6. The minimum absolute atomic E-state index is 0.332. The van der Waals surface area contributed by atoms with Crippen LogP contribution in [0.4, 0.5) is 16.2 Å². The lowest BCUT2D eigenvalue weighted by Gasteiger charge is -2.09. The monoisotopic (exact) mass is 488 g/mol. The molecular weight excluding hydrogens is 467 g/mol. The molecule has 0 unspecified atom stereocenters. The Bertz CT molecular complexity index is 1470. The molecule has 0 spiro atoms. The quantitative estimate of drug-likeness (QED) is 0.313. The highest BCUT2D eigenvalue weighted by Gasteiger charge is 2.19. The van der Waals surface area contributed by atoms with Crippen molar-refractivity contribution >= 4 is 34.4 Å². The van der Waals surface area contributed by atoms with Crippen LogP contribution in [0.5, 0.6) is 5.75 Å². The Balaban J connectivity index is 1.51. The van der Waals surface area contributed by atoms with Gasteiger partial charge in [-0.2, -0.15) is 4.98 Å². The molecule has 35 heavy (non-hydrogen) atoms. The van der Waals surface area contributed by atoms with Crippen LogP contribution in [0, 0.1) is 5.82 Å². The maximum Gasteiger partial charge on any atom is 0.225 e. The number of benzene rings is 3. The molecule has 0 aliphatic rings.